The Labute approximate surface area is 155 Å². The molecule has 0 radical (unpaired) electrons. The van der Waals surface area contributed by atoms with Crippen molar-refractivity contribution in [3.63, 3.8) is 0 Å². The average Bonchev–Trinajstić information content (AvgIpc) is 3.04. The summed E-state index contributed by atoms with van der Waals surface area (Å²) in [5.41, 5.74) is 2.57. The van der Waals surface area contributed by atoms with Gasteiger partial charge in [-0.1, -0.05) is 29.8 Å². The highest BCUT2D eigenvalue weighted by molar-refractivity contribution is 6.34. The number of hydrogen-bond donors (Lipinski definition) is 1. The second kappa shape index (κ2) is 6.72. The Balaban J connectivity index is 1.61. The van der Waals surface area contributed by atoms with E-state index in [-0.39, 0.29) is 5.91 Å². The number of ether oxygens (including phenoxy) is 2. The molecule has 26 heavy (non-hydrogen) atoms. The van der Waals surface area contributed by atoms with Crippen molar-refractivity contribution in [1.29, 1.82) is 0 Å². The Morgan fingerprint density at radius 1 is 1.15 bits per heavy atom. The number of fused-ring (bicyclic) bond motifs is 1. The van der Waals surface area contributed by atoms with E-state index >= 15 is 0 Å². The van der Waals surface area contributed by atoms with Gasteiger partial charge in [-0.25, -0.2) is 4.68 Å². The van der Waals surface area contributed by atoms with Crippen LogP contribution in [0.25, 0.3) is 5.69 Å². The summed E-state index contributed by atoms with van der Waals surface area (Å²) >= 11 is 6.26. The summed E-state index contributed by atoms with van der Waals surface area (Å²) in [4.78, 5) is 12.7. The largest absolute Gasteiger partial charge is 0.486 e. The van der Waals surface area contributed by atoms with Gasteiger partial charge in [-0.3, -0.25) is 4.79 Å². The van der Waals surface area contributed by atoms with Crippen LogP contribution >= 0.6 is 11.6 Å². The van der Waals surface area contributed by atoms with Crippen molar-refractivity contribution >= 4 is 23.2 Å². The maximum atomic E-state index is 12.7. The number of rotatable bonds is 3. The van der Waals surface area contributed by atoms with Crippen LogP contribution in [-0.4, -0.2) is 28.9 Å². The summed E-state index contributed by atoms with van der Waals surface area (Å²) in [6.45, 7) is 2.79. The molecule has 1 N–H and O–H groups in total. The predicted octanol–water partition coefficient (Wildman–Crippen LogP) is 3.86. The van der Waals surface area contributed by atoms with Crippen LogP contribution in [0.2, 0.25) is 5.02 Å². The summed E-state index contributed by atoms with van der Waals surface area (Å²) in [7, 11) is 0. The molecule has 0 atom stereocenters. The molecule has 132 valence electrons. The van der Waals surface area contributed by atoms with E-state index < -0.39 is 0 Å². The van der Waals surface area contributed by atoms with Gasteiger partial charge in [-0.2, -0.15) is 5.10 Å². The van der Waals surface area contributed by atoms with Crippen LogP contribution in [0.1, 0.15) is 16.1 Å². The molecule has 0 spiro atoms. The van der Waals surface area contributed by atoms with Crippen LogP contribution in [-0.2, 0) is 0 Å². The fraction of sp³-hybridized carbons (Fsp3) is 0.158. The Bertz CT molecular complexity index is 970. The summed E-state index contributed by atoms with van der Waals surface area (Å²) in [5, 5.41) is 7.53. The number of anilines is 1. The molecule has 7 heteroatoms. The molecule has 0 saturated heterocycles. The third-order valence-electron chi connectivity index (χ3n) is 4.14. The number of benzene rings is 2. The van der Waals surface area contributed by atoms with Gasteiger partial charge in [0.25, 0.3) is 5.91 Å². The normalized spacial score (nSPS) is 12.7. The Morgan fingerprint density at radius 3 is 2.58 bits per heavy atom. The van der Waals surface area contributed by atoms with E-state index in [1.807, 2.05) is 37.3 Å². The molecule has 0 aliphatic carbocycles. The van der Waals surface area contributed by atoms with Crippen LogP contribution in [0, 0.1) is 6.92 Å². The highest BCUT2D eigenvalue weighted by Crippen LogP contribution is 2.38. The SMILES string of the molecule is Cc1c(C(=O)Nc2cc3c(cc2Cl)OCCO3)cnn1-c1ccccc1. The van der Waals surface area contributed by atoms with Crippen LogP contribution in [0.15, 0.2) is 48.7 Å². The maximum absolute atomic E-state index is 12.7. The number of halogens is 1. The number of carbonyl (C=O) groups is 1. The van der Waals surface area contributed by atoms with Crippen LogP contribution in [0.3, 0.4) is 0 Å². The molecular formula is C19H16ClN3O3. The summed E-state index contributed by atoms with van der Waals surface area (Å²) in [6.07, 6.45) is 1.55. The first-order valence-corrected chi connectivity index (χ1v) is 8.52. The van der Waals surface area contributed by atoms with Crippen molar-refractivity contribution in [2.75, 3.05) is 18.5 Å². The molecule has 2 aromatic carbocycles. The first-order chi connectivity index (χ1) is 12.6. The van der Waals surface area contributed by atoms with Gasteiger partial charge in [-0.15, -0.1) is 0 Å². The highest BCUT2D eigenvalue weighted by Gasteiger charge is 2.19. The van der Waals surface area contributed by atoms with Gasteiger partial charge in [0.2, 0.25) is 0 Å². The smallest absolute Gasteiger partial charge is 0.259 e. The lowest BCUT2D eigenvalue weighted by Gasteiger charge is -2.20. The van der Waals surface area contributed by atoms with E-state index in [9.17, 15) is 4.79 Å². The molecule has 1 aromatic heterocycles. The number of aromatic nitrogens is 2. The molecule has 0 unspecified atom stereocenters. The number of amides is 1. The molecular weight excluding hydrogens is 354 g/mol. The molecule has 1 amide bonds. The summed E-state index contributed by atoms with van der Waals surface area (Å²) in [6, 6.07) is 13.0. The minimum Gasteiger partial charge on any atom is -0.486 e. The van der Waals surface area contributed by atoms with E-state index in [0.717, 1.165) is 11.4 Å². The molecule has 0 bridgehead atoms. The third-order valence-corrected chi connectivity index (χ3v) is 4.45. The molecule has 0 fully saturated rings. The molecule has 0 saturated carbocycles. The quantitative estimate of drug-likeness (QED) is 0.761. The van der Waals surface area contributed by atoms with Crippen molar-refractivity contribution < 1.29 is 14.3 Å². The minimum absolute atomic E-state index is 0.289. The fourth-order valence-corrected chi connectivity index (χ4v) is 3.01. The van der Waals surface area contributed by atoms with Crippen LogP contribution in [0.4, 0.5) is 5.69 Å². The topological polar surface area (TPSA) is 65.4 Å². The second-order valence-electron chi connectivity index (χ2n) is 5.82. The van der Waals surface area contributed by atoms with Gasteiger partial charge in [0.1, 0.15) is 13.2 Å². The Hall–Kier alpha value is -2.99. The molecule has 3 aromatic rings. The van der Waals surface area contributed by atoms with E-state index in [1.54, 1.807) is 23.0 Å². The molecule has 1 aliphatic heterocycles. The maximum Gasteiger partial charge on any atom is 0.259 e. The van der Waals surface area contributed by atoms with E-state index in [2.05, 4.69) is 10.4 Å². The second-order valence-corrected chi connectivity index (χ2v) is 6.23. The number of carbonyl (C=O) groups excluding carboxylic acids is 1. The van der Waals surface area contributed by atoms with Gasteiger partial charge in [-0.05, 0) is 19.1 Å². The predicted molar refractivity (Wildman–Crippen MR) is 98.7 cm³/mol. The lowest BCUT2D eigenvalue weighted by atomic mass is 10.2. The van der Waals surface area contributed by atoms with E-state index in [1.165, 1.54) is 0 Å². The zero-order valence-electron chi connectivity index (χ0n) is 14.0. The van der Waals surface area contributed by atoms with Crippen molar-refractivity contribution in [3.8, 4) is 17.2 Å². The first kappa shape index (κ1) is 16.5. The van der Waals surface area contributed by atoms with Crippen molar-refractivity contribution in [2.24, 2.45) is 0 Å². The zero-order chi connectivity index (χ0) is 18.1. The zero-order valence-corrected chi connectivity index (χ0v) is 14.8. The standard InChI is InChI=1S/C19H16ClN3O3/c1-12-14(11-21-23(12)13-5-3-2-4-6-13)19(24)22-16-10-18-17(9-15(16)20)25-7-8-26-18/h2-6,9-11H,7-8H2,1H3,(H,22,24). The van der Waals surface area contributed by atoms with Crippen molar-refractivity contribution in [2.45, 2.75) is 6.92 Å². The Kier molecular flexibility index (Phi) is 4.26. The fourth-order valence-electron chi connectivity index (χ4n) is 2.81. The highest BCUT2D eigenvalue weighted by atomic mass is 35.5. The van der Waals surface area contributed by atoms with Crippen LogP contribution in [0.5, 0.6) is 11.5 Å². The molecule has 2 heterocycles. The first-order valence-electron chi connectivity index (χ1n) is 8.14. The minimum atomic E-state index is -0.289. The molecule has 4 rings (SSSR count). The monoisotopic (exact) mass is 369 g/mol. The van der Waals surface area contributed by atoms with E-state index in [4.69, 9.17) is 21.1 Å². The summed E-state index contributed by atoms with van der Waals surface area (Å²) < 4.78 is 12.7. The molecule has 1 aliphatic rings. The number of nitrogens with one attached hydrogen (secondary N) is 1. The summed E-state index contributed by atoms with van der Waals surface area (Å²) in [5.74, 6) is 0.850. The van der Waals surface area contributed by atoms with Gasteiger partial charge in [0.15, 0.2) is 11.5 Å². The third kappa shape index (κ3) is 2.99. The van der Waals surface area contributed by atoms with Crippen LogP contribution < -0.4 is 14.8 Å². The van der Waals surface area contributed by atoms with Crippen molar-refractivity contribution in [3.05, 3.63) is 64.9 Å². The lowest BCUT2D eigenvalue weighted by molar-refractivity contribution is 0.102. The molecule has 6 nitrogen and oxygen atoms in total. The van der Waals surface area contributed by atoms with Gasteiger partial charge >= 0.3 is 0 Å². The van der Waals surface area contributed by atoms with Crippen molar-refractivity contribution in [1.82, 2.24) is 9.78 Å². The van der Waals surface area contributed by atoms with E-state index in [0.29, 0.717) is 41.0 Å². The van der Waals surface area contributed by atoms with Gasteiger partial charge in [0, 0.05) is 12.1 Å². The van der Waals surface area contributed by atoms with Gasteiger partial charge in [0.05, 0.1) is 33.9 Å². The van der Waals surface area contributed by atoms with Gasteiger partial charge < -0.3 is 14.8 Å². The lowest BCUT2D eigenvalue weighted by Crippen LogP contribution is -2.17. The number of nitrogens with zero attached hydrogens (tertiary/aromatic N) is 2. The Morgan fingerprint density at radius 2 is 1.85 bits per heavy atom. The number of hydrogen-bond acceptors (Lipinski definition) is 4. The number of para-hydroxylation sites is 1. The average molecular weight is 370 g/mol.